The molecule has 0 heterocycles. The lowest BCUT2D eigenvalue weighted by Crippen LogP contribution is -2.27. The molecule has 0 aromatic carbocycles. The van der Waals surface area contributed by atoms with Gasteiger partial charge in [0.15, 0.2) is 0 Å². The maximum atomic E-state index is 13.5. The first kappa shape index (κ1) is 24.3. The van der Waals surface area contributed by atoms with E-state index in [0.29, 0.717) is 11.1 Å². The van der Waals surface area contributed by atoms with Crippen molar-refractivity contribution in [1.82, 2.24) is 0 Å². The Morgan fingerprint density at radius 1 is 0.962 bits per heavy atom. The van der Waals surface area contributed by atoms with E-state index in [-0.39, 0.29) is 19.3 Å². The number of ether oxygens (including phenoxy) is 1. The SMILES string of the molecule is C=C(C)CC/C(O/C(=C/C)C(C/C(C)=C\C)C(F)(F)F)=C(\C)C(F)(F)F. The molecule has 0 aliphatic carbocycles. The van der Waals surface area contributed by atoms with Crippen molar-refractivity contribution < 1.29 is 31.1 Å². The molecule has 26 heavy (non-hydrogen) atoms. The molecule has 0 amide bonds. The van der Waals surface area contributed by atoms with Crippen LogP contribution in [-0.4, -0.2) is 12.4 Å². The van der Waals surface area contributed by atoms with Crippen LogP contribution in [0.2, 0.25) is 0 Å². The Labute approximate surface area is 151 Å². The Balaban J connectivity index is 5.89. The standard InChI is InChI=1S/C19H26F6O/c1-7-13(5)11-15(19(23,24)25)16(8-2)26-17(10-9-12(3)4)14(6)18(20,21)22/h7-8,15H,3,9-11H2,1-2,4-6H3/b13-7-,16-8+,17-14-. The van der Waals surface area contributed by atoms with Crippen LogP contribution in [0, 0.1) is 5.92 Å². The van der Waals surface area contributed by atoms with E-state index in [9.17, 15) is 26.3 Å². The molecule has 0 aromatic rings. The van der Waals surface area contributed by atoms with Crippen LogP contribution >= 0.6 is 0 Å². The van der Waals surface area contributed by atoms with Crippen molar-refractivity contribution in [3.63, 3.8) is 0 Å². The molecular weight excluding hydrogens is 358 g/mol. The van der Waals surface area contributed by atoms with Crippen LogP contribution in [0.5, 0.6) is 0 Å². The summed E-state index contributed by atoms with van der Waals surface area (Å²) in [6.45, 7) is 10.5. The fraction of sp³-hybridized carbons (Fsp3) is 0.579. The first-order valence-electron chi connectivity index (χ1n) is 8.17. The Kier molecular flexibility index (Phi) is 9.25. The zero-order valence-corrected chi connectivity index (χ0v) is 15.7. The lowest BCUT2D eigenvalue weighted by molar-refractivity contribution is -0.172. The van der Waals surface area contributed by atoms with E-state index in [1.165, 1.54) is 19.9 Å². The predicted molar refractivity (Wildman–Crippen MR) is 91.2 cm³/mol. The number of hydrogen-bond donors (Lipinski definition) is 0. The molecule has 0 aromatic heterocycles. The second kappa shape index (κ2) is 9.88. The van der Waals surface area contributed by atoms with Gasteiger partial charge >= 0.3 is 12.4 Å². The molecular formula is C19H26F6O. The number of rotatable bonds is 8. The Hall–Kier alpha value is -1.66. The van der Waals surface area contributed by atoms with E-state index < -0.39 is 35.4 Å². The molecule has 7 heteroatoms. The third kappa shape index (κ3) is 8.15. The van der Waals surface area contributed by atoms with Crippen molar-refractivity contribution in [2.45, 2.75) is 66.2 Å². The summed E-state index contributed by atoms with van der Waals surface area (Å²) in [5.41, 5.74) is 0.0392. The molecule has 0 bridgehead atoms. The number of alkyl halides is 6. The van der Waals surface area contributed by atoms with Crippen molar-refractivity contribution >= 4 is 0 Å². The summed E-state index contributed by atoms with van der Waals surface area (Å²) in [6, 6.07) is 0. The van der Waals surface area contributed by atoms with Gasteiger partial charge in [-0.15, -0.1) is 6.58 Å². The second-order valence-electron chi connectivity index (χ2n) is 6.23. The first-order valence-corrected chi connectivity index (χ1v) is 8.17. The summed E-state index contributed by atoms with van der Waals surface area (Å²) >= 11 is 0. The molecule has 0 saturated heterocycles. The summed E-state index contributed by atoms with van der Waals surface area (Å²) in [7, 11) is 0. The summed E-state index contributed by atoms with van der Waals surface area (Å²) in [6.07, 6.45) is -7.09. The second-order valence-corrected chi connectivity index (χ2v) is 6.23. The molecule has 0 radical (unpaired) electrons. The van der Waals surface area contributed by atoms with Crippen LogP contribution in [0.1, 0.15) is 53.9 Å². The fourth-order valence-corrected chi connectivity index (χ4v) is 2.09. The lowest BCUT2D eigenvalue weighted by atomic mass is 9.96. The van der Waals surface area contributed by atoms with Crippen LogP contribution < -0.4 is 0 Å². The van der Waals surface area contributed by atoms with Crippen LogP contribution in [0.15, 0.2) is 47.0 Å². The van der Waals surface area contributed by atoms with Crippen molar-refractivity contribution in [3.05, 3.63) is 47.0 Å². The highest BCUT2D eigenvalue weighted by Gasteiger charge is 2.44. The van der Waals surface area contributed by atoms with Gasteiger partial charge in [-0.25, -0.2) is 0 Å². The molecule has 0 saturated carbocycles. The van der Waals surface area contributed by atoms with E-state index in [1.807, 2.05) is 0 Å². The van der Waals surface area contributed by atoms with Crippen molar-refractivity contribution in [2.75, 3.05) is 0 Å². The maximum absolute atomic E-state index is 13.5. The third-order valence-electron chi connectivity index (χ3n) is 3.91. The summed E-state index contributed by atoms with van der Waals surface area (Å²) in [5.74, 6) is -3.05. The number of allylic oxidation sites excluding steroid dienone is 7. The zero-order chi connectivity index (χ0) is 20.7. The number of halogens is 6. The molecule has 0 rings (SSSR count). The Bertz CT molecular complexity index is 576. The molecule has 0 aliphatic heterocycles. The lowest BCUT2D eigenvalue weighted by Gasteiger charge is -2.26. The monoisotopic (exact) mass is 384 g/mol. The van der Waals surface area contributed by atoms with E-state index in [0.717, 1.165) is 13.0 Å². The summed E-state index contributed by atoms with van der Waals surface area (Å²) < 4.78 is 84.8. The van der Waals surface area contributed by atoms with Gasteiger partial charge in [-0.3, -0.25) is 0 Å². The molecule has 1 nitrogen and oxygen atoms in total. The van der Waals surface area contributed by atoms with Gasteiger partial charge in [0.25, 0.3) is 0 Å². The minimum atomic E-state index is -4.68. The fourth-order valence-electron chi connectivity index (χ4n) is 2.09. The Morgan fingerprint density at radius 2 is 1.50 bits per heavy atom. The molecule has 0 spiro atoms. The highest BCUT2D eigenvalue weighted by atomic mass is 19.4. The van der Waals surface area contributed by atoms with Gasteiger partial charge in [-0.05, 0) is 53.5 Å². The van der Waals surface area contributed by atoms with Gasteiger partial charge in [-0.1, -0.05) is 17.2 Å². The normalized spacial score (nSPS) is 16.3. The summed E-state index contributed by atoms with van der Waals surface area (Å²) in [5, 5.41) is 0. The average Bonchev–Trinajstić information content (AvgIpc) is 2.50. The first-order chi connectivity index (χ1) is 11.7. The van der Waals surface area contributed by atoms with Crippen LogP contribution in [0.3, 0.4) is 0 Å². The maximum Gasteiger partial charge on any atom is 0.415 e. The molecule has 1 unspecified atom stereocenters. The minimum Gasteiger partial charge on any atom is -0.465 e. The van der Waals surface area contributed by atoms with Crippen molar-refractivity contribution in [1.29, 1.82) is 0 Å². The highest BCUT2D eigenvalue weighted by Crippen LogP contribution is 2.40. The van der Waals surface area contributed by atoms with E-state index in [1.54, 1.807) is 13.8 Å². The molecule has 0 N–H and O–H groups in total. The smallest absolute Gasteiger partial charge is 0.415 e. The largest absolute Gasteiger partial charge is 0.465 e. The van der Waals surface area contributed by atoms with E-state index >= 15 is 0 Å². The molecule has 1 atom stereocenters. The minimum absolute atomic E-state index is 0.175. The molecule has 0 fully saturated rings. The van der Waals surface area contributed by atoms with Gasteiger partial charge in [0.05, 0.1) is 5.57 Å². The summed E-state index contributed by atoms with van der Waals surface area (Å²) in [4.78, 5) is 0. The van der Waals surface area contributed by atoms with Crippen molar-refractivity contribution in [3.8, 4) is 0 Å². The molecule has 0 aliphatic rings. The third-order valence-corrected chi connectivity index (χ3v) is 3.91. The van der Waals surface area contributed by atoms with Gasteiger partial charge < -0.3 is 4.74 Å². The zero-order valence-electron chi connectivity index (χ0n) is 15.7. The van der Waals surface area contributed by atoms with E-state index in [2.05, 4.69) is 6.58 Å². The predicted octanol–water partition coefficient (Wildman–Crippen LogP) is 7.63. The number of hydrogen-bond acceptors (Lipinski definition) is 1. The van der Waals surface area contributed by atoms with Gasteiger partial charge in [0.2, 0.25) is 0 Å². The van der Waals surface area contributed by atoms with Crippen LogP contribution in [0.4, 0.5) is 26.3 Å². The van der Waals surface area contributed by atoms with Crippen LogP contribution in [0.25, 0.3) is 0 Å². The van der Waals surface area contributed by atoms with Gasteiger partial charge in [0, 0.05) is 6.42 Å². The topological polar surface area (TPSA) is 9.23 Å². The Morgan fingerprint density at radius 3 is 1.85 bits per heavy atom. The van der Waals surface area contributed by atoms with E-state index in [4.69, 9.17) is 4.74 Å². The van der Waals surface area contributed by atoms with Crippen LogP contribution in [-0.2, 0) is 4.74 Å². The van der Waals surface area contributed by atoms with Crippen molar-refractivity contribution in [2.24, 2.45) is 5.92 Å². The van der Waals surface area contributed by atoms with Gasteiger partial charge in [0.1, 0.15) is 17.4 Å². The highest BCUT2D eigenvalue weighted by molar-refractivity contribution is 5.17. The average molecular weight is 384 g/mol. The quantitative estimate of drug-likeness (QED) is 0.237. The molecule has 150 valence electrons. The van der Waals surface area contributed by atoms with Gasteiger partial charge in [-0.2, -0.15) is 26.3 Å².